The molecular formula is C24H22N4O5S. The van der Waals surface area contributed by atoms with Crippen molar-refractivity contribution >= 4 is 17.5 Å². The van der Waals surface area contributed by atoms with Crippen LogP contribution in [0.15, 0.2) is 80.3 Å². The maximum atomic E-state index is 10.4. The molecule has 0 saturated heterocycles. The number of nitrogens with zero attached hydrogens (tertiary/aromatic N) is 4. The number of furan rings is 1. The highest BCUT2D eigenvalue weighted by molar-refractivity contribution is 7.99. The summed E-state index contributed by atoms with van der Waals surface area (Å²) in [6.45, 7) is 1.87. The van der Waals surface area contributed by atoms with Crippen LogP contribution >= 0.6 is 11.8 Å². The van der Waals surface area contributed by atoms with Crippen molar-refractivity contribution in [2.45, 2.75) is 24.9 Å². The molecule has 2 aliphatic rings. The number of rotatable bonds is 9. The van der Waals surface area contributed by atoms with Gasteiger partial charge in [0.05, 0.1) is 14.2 Å². The SMILES string of the molecule is COC1=CCC#CC(OC)=C1n1c(SCC2=CCC=C(ON=O)C=C2)nnc1-c1ccc(C)o1. The molecule has 4 rings (SSSR count). The van der Waals surface area contributed by atoms with Gasteiger partial charge >= 0.3 is 0 Å². The molecule has 0 aromatic carbocycles. The van der Waals surface area contributed by atoms with Gasteiger partial charge in [0, 0.05) is 12.2 Å². The number of aromatic nitrogens is 3. The molecule has 0 unspecified atom stereocenters. The van der Waals surface area contributed by atoms with Crippen molar-refractivity contribution in [3.05, 3.63) is 76.0 Å². The summed E-state index contributed by atoms with van der Waals surface area (Å²) >= 11 is 1.48. The average Bonchev–Trinajstić information content (AvgIpc) is 3.30. The topological polar surface area (TPSA) is 101 Å². The molecule has 0 radical (unpaired) electrons. The second-order valence-electron chi connectivity index (χ2n) is 7.12. The fourth-order valence-electron chi connectivity index (χ4n) is 3.38. The van der Waals surface area contributed by atoms with Gasteiger partial charge < -0.3 is 18.7 Å². The van der Waals surface area contributed by atoms with E-state index in [0.29, 0.717) is 58.3 Å². The van der Waals surface area contributed by atoms with Crippen molar-refractivity contribution in [1.29, 1.82) is 0 Å². The minimum absolute atomic E-state index is 0.409. The molecule has 2 heterocycles. The fraction of sp³-hybridized carbons (Fsp3) is 0.250. The molecule has 0 N–H and O–H groups in total. The standard InChI is InChI=1S/C24H22N4O5S/c1-16-11-14-21(32-16)23-25-26-24(34-15-17-7-6-8-18(13-12-17)33-27-29)28(23)22-19(30-2)9-4-5-10-20(22)31-3/h7-9,11-14H,4,6,15H2,1-3H3. The van der Waals surface area contributed by atoms with Crippen LogP contribution in [0.2, 0.25) is 0 Å². The zero-order chi connectivity index (χ0) is 23.9. The lowest BCUT2D eigenvalue weighted by Crippen LogP contribution is -2.09. The van der Waals surface area contributed by atoms with E-state index in [1.54, 1.807) is 26.4 Å². The van der Waals surface area contributed by atoms with Gasteiger partial charge in [-0.15, -0.1) is 15.1 Å². The van der Waals surface area contributed by atoms with Crippen LogP contribution in [0.1, 0.15) is 18.6 Å². The zero-order valence-corrected chi connectivity index (χ0v) is 19.7. The minimum Gasteiger partial charge on any atom is -0.495 e. The van der Waals surface area contributed by atoms with E-state index in [1.165, 1.54) is 11.8 Å². The van der Waals surface area contributed by atoms with Crippen LogP contribution in [0.3, 0.4) is 0 Å². The second-order valence-corrected chi connectivity index (χ2v) is 8.06. The quantitative estimate of drug-likeness (QED) is 0.211. The predicted octanol–water partition coefficient (Wildman–Crippen LogP) is 5.16. The van der Waals surface area contributed by atoms with Crippen LogP contribution in [0, 0.1) is 23.7 Å². The van der Waals surface area contributed by atoms with Crippen LogP contribution in [-0.4, -0.2) is 34.7 Å². The first-order valence-electron chi connectivity index (χ1n) is 10.4. The first-order chi connectivity index (χ1) is 16.6. The Morgan fingerprint density at radius 3 is 2.79 bits per heavy atom. The molecule has 0 aliphatic heterocycles. The van der Waals surface area contributed by atoms with Crippen LogP contribution in [0.4, 0.5) is 0 Å². The molecule has 0 bridgehead atoms. The van der Waals surface area contributed by atoms with Gasteiger partial charge in [0.2, 0.25) is 5.82 Å². The third kappa shape index (κ3) is 5.00. The van der Waals surface area contributed by atoms with Crippen molar-refractivity contribution in [1.82, 2.24) is 14.8 Å². The highest BCUT2D eigenvalue weighted by atomic mass is 32.2. The second kappa shape index (κ2) is 10.8. The van der Waals surface area contributed by atoms with E-state index in [1.807, 2.05) is 41.9 Å². The summed E-state index contributed by atoms with van der Waals surface area (Å²) < 4.78 is 19.0. The van der Waals surface area contributed by atoms with E-state index in [4.69, 9.17) is 18.7 Å². The highest BCUT2D eigenvalue weighted by Gasteiger charge is 2.26. The normalized spacial score (nSPS) is 15.3. The molecule has 0 atom stereocenters. The Kier molecular flexibility index (Phi) is 7.34. The number of methoxy groups -OCH3 is 2. The van der Waals surface area contributed by atoms with Crippen LogP contribution in [0.5, 0.6) is 0 Å². The highest BCUT2D eigenvalue weighted by Crippen LogP contribution is 2.35. The molecule has 2 aliphatic carbocycles. The van der Waals surface area contributed by atoms with Crippen LogP contribution in [-0.2, 0) is 14.3 Å². The Bertz CT molecular complexity index is 1300. The van der Waals surface area contributed by atoms with E-state index in [9.17, 15) is 4.91 Å². The molecule has 0 amide bonds. The summed E-state index contributed by atoms with van der Waals surface area (Å²) in [5, 5.41) is 12.0. The minimum atomic E-state index is 0.409. The van der Waals surface area contributed by atoms with Crippen molar-refractivity contribution < 1.29 is 18.7 Å². The fourth-order valence-corrected chi connectivity index (χ4v) is 4.29. The van der Waals surface area contributed by atoms with Crippen molar-refractivity contribution in [2.24, 2.45) is 5.34 Å². The molecule has 2 aromatic heterocycles. The molecule has 0 fully saturated rings. The van der Waals surface area contributed by atoms with Gasteiger partial charge in [-0.3, -0.25) is 4.57 Å². The smallest absolute Gasteiger partial charge is 0.205 e. The van der Waals surface area contributed by atoms with E-state index in [-0.39, 0.29) is 0 Å². The number of ether oxygens (including phenoxy) is 2. The Labute approximate surface area is 200 Å². The maximum absolute atomic E-state index is 10.4. The molecule has 10 heteroatoms. The van der Waals surface area contributed by atoms with Gasteiger partial charge in [0.1, 0.15) is 17.2 Å². The Morgan fingerprint density at radius 1 is 1.18 bits per heavy atom. The number of aryl methyl sites for hydroxylation is 1. The summed E-state index contributed by atoms with van der Waals surface area (Å²) in [6.07, 6.45) is 10.4. The summed E-state index contributed by atoms with van der Waals surface area (Å²) in [5.74, 6) is 9.96. The third-order valence-electron chi connectivity index (χ3n) is 4.95. The first kappa shape index (κ1) is 23.2. The lowest BCUT2D eigenvalue weighted by Gasteiger charge is -2.17. The Morgan fingerprint density at radius 2 is 2.06 bits per heavy atom. The van der Waals surface area contributed by atoms with Gasteiger partial charge in [-0.1, -0.05) is 29.8 Å². The zero-order valence-electron chi connectivity index (χ0n) is 18.9. The first-order valence-corrected chi connectivity index (χ1v) is 11.4. The van der Waals surface area contributed by atoms with E-state index < -0.39 is 0 Å². The average molecular weight is 479 g/mol. The number of allylic oxidation sites excluding steroid dienone is 7. The summed E-state index contributed by atoms with van der Waals surface area (Å²) in [7, 11) is 3.17. The molecule has 0 saturated carbocycles. The van der Waals surface area contributed by atoms with Crippen LogP contribution in [0.25, 0.3) is 17.3 Å². The summed E-state index contributed by atoms with van der Waals surface area (Å²) in [4.78, 5) is 15.1. The Balaban J connectivity index is 1.74. The molecule has 174 valence electrons. The summed E-state index contributed by atoms with van der Waals surface area (Å²) in [5.41, 5.74) is 1.63. The number of thioether (sulfide) groups is 1. The number of hydrogen-bond acceptors (Lipinski definition) is 9. The van der Waals surface area contributed by atoms with Crippen LogP contribution < -0.4 is 0 Å². The van der Waals surface area contributed by atoms with Gasteiger partial charge in [-0.25, -0.2) is 0 Å². The Hall–Kier alpha value is -3.97. The van der Waals surface area contributed by atoms with Gasteiger partial charge in [0.15, 0.2) is 27.8 Å². The molecule has 0 spiro atoms. The van der Waals surface area contributed by atoms with E-state index in [0.717, 1.165) is 11.3 Å². The monoisotopic (exact) mass is 478 g/mol. The number of hydrogen-bond donors (Lipinski definition) is 0. The molecule has 2 aromatic rings. The molecule has 9 nitrogen and oxygen atoms in total. The lowest BCUT2D eigenvalue weighted by atomic mass is 10.2. The molecule has 34 heavy (non-hydrogen) atoms. The van der Waals surface area contributed by atoms with E-state index >= 15 is 0 Å². The summed E-state index contributed by atoms with van der Waals surface area (Å²) in [6, 6.07) is 3.72. The van der Waals surface area contributed by atoms with Crippen molar-refractivity contribution in [3.63, 3.8) is 0 Å². The molecular weight excluding hydrogens is 456 g/mol. The van der Waals surface area contributed by atoms with Crippen molar-refractivity contribution in [2.75, 3.05) is 20.0 Å². The maximum Gasteiger partial charge on any atom is 0.205 e. The van der Waals surface area contributed by atoms with Gasteiger partial charge in [-0.05, 0) is 55.2 Å². The largest absolute Gasteiger partial charge is 0.495 e. The predicted molar refractivity (Wildman–Crippen MR) is 128 cm³/mol. The lowest BCUT2D eigenvalue weighted by molar-refractivity contribution is 0.234. The van der Waals surface area contributed by atoms with Gasteiger partial charge in [0.25, 0.3) is 0 Å². The van der Waals surface area contributed by atoms with Gasteiger partial charge in [-0.2, -0.15) is 0 Å². The van der Waals surface area contributed by atoms with E-state index in [2.05, 4.69) is 27.4 Å². The van der Waals surface area contributed by atoms with Crippen molar-refractivity contribution in [3.8, 4) is 23.4 Å². The third-order valence-corrected chi connectivity index (χ3v) is 5.95.